The van der Waals surface area contributed by atoms with Crippen LogP contribution in [-0.2, 0) is 45.7 Å². The molecule has 4 aromatic carbocycles. The number of urea groups is 1. The molecule has 6 atom stereocenters. The third-order valence-electron chi connectivity index (χ3n) is 13.4. The van der Waals surface area contributed by atoms with Crippen LogP contribution >= 0.6 is 23.2 Å². The number of fused-ring (bicyclic) bond motifs is 2. The largest absolute Gasteiger partial charge is 0.493 e. The normalized spacial score (nSPS) is 22.2. The minimum atomic E-state index is -1.24. The molecule has 0 saturated heterocycles. The van der Waals surface area contributed by atoms with E-state index in [9.17, 15) is 19.5 Å². The van der Waals surface area contributed by atoms with E-state index in [0.717, 1.165) is 56.8 Å². The lowest BCUT2D eigenvalue weighted by Crippen LogP contribution is -2.57. The Morgan fingerprint density at radius 1 is 0.923 bits per heavy atom. The smallest absolute Gasteiger partial charge is 0.326 e. The summed E-state index contributed by atoms with van der Waals surface area (Å²) < 4.78 is 19.1. The summed E-state index contributed by atoms with van der Waals surface area (Å²) in [6, 6.07) is 23.6. The molecule has 4 aliphatic rings. The van der Waals surface area contributed by atoms with Crippen molar-refractivity contribution >= 4 is 47.3 Å². The number of amides is 3. The number of carbonyl (C=O) groups excluding carboxylic acids is 2. The van der Waals surface area contributed by atoms with Gasteiger partial charge in [0.15, 0.2) is 17.6 Å². The SMILES string of the molecule is CC1=C(C)C(C)(c2ccc(C[C@H](NC(=O)[C@@H]3Cc4cc5c(cc4CN3C(=O)N[C@@H](C)c3ccccc3)O[C@@H](C3=CC=C(OCc4ccc(Cl)c(Cl)c4)CC3C)CO5)C(=O)O)cc2)CC=N1. The molecule has 3 heterocycles. The maximum atomic E-state index is 14.4. The first-order valence-corrected chi connectivity index (χ1v) is 22.8. The molecule has 338 valence electrons. The Labute approximate surface area is 390 Å². The van der Waals surface area contributed by atoms with E-state index >= 15 is 0 Å². The number of rotatable bonds is 12. The van der Waals surface area contributed by atoms with Gasteiger partial charge in [-0.3, -0.25) is 9.79 Å². The molecule has 3 N–H and O–H groups in total. The number of carboxylic acid groups (broad SMARTS) is 1. The summed E-state index contributed by atoms with van der Waals surface area (Å²) in [5.74, 6) is 0.321. The number of hydrogen-bond acceptors (Lipinski definition) is 7. The second-order valence-electron chi connectivity index (χ2n) is 17.7. The number of hydrogen-bond donors (Lipinski definition) is 3. The summed E-state index contributed by atoms with van der Waals surface area (Å²) in [7, 11) is 0. The van der Waals surface area contributed by atoms with Gasteiger partial charge in [0.25, 0.3) is 0 Å². The fourth-order valence-corrected chi connectivity index (χ4v) is 9.42. The van der Waals surface area contributed by atoms with Crippen molar-refractivity contribution < 1.29 is 33.7 Å². The summed E-state index contributed by atoms with van der Waals surface area (Å²) in [5, 5.41) is 17.3. The van der Waals surface area contributed by atoms with Crippen LogP contribution in [-0.4, -0.2) is 58.9 Å². The molecule has 3 amide bonds. The topological polar surface area (TPSA) is 139 Å². The molecule has 0 aromatic heterocycles. The maximum Gasteiger partial charge on any atom is 0.326 e. The highest BCUT2D eigenvalue weighted by molar-refractivity contribution is 6.42. The van der Waals surface area contributed by atoms with Crippen molar-refractivity contribution in [2.45, 2.75) is 103 Å². The highest BCUT2D eigenvalue weighted by Crippen LogP contribution is 2.42. The van der Waals surface area contributed by atoms with E-state index in [1.54, 1.807) is 12.1 Å². The van der Waals surface area contributed by atoms with E-state index in [4.69, 9.17) is 37.4 Å². The van der Waals surface area contributed by atoms with Crippen molar-refractivity contribution in [3.8, 4) is 11.5 Å². The second-order valence-corrected chi connectivity index (χ2v) is 18.5. The third-order valence-corrected chi connectivity index (χ3v) is 14.1. The molecule has 11 nitrogen and oxygen atoms in total. The summed E-state index contributed by atoms with van der Waals surface area (Å²) in [4.78, 5) is 47.3. The molecule has 8 rings (SSSR count). The summed E-state index contributed by atoms with van der Waals surface area (Å²) >= 11 is 12.3. The first-order chi connectivity index (χ1) is 31.2. The zero-order valence-corrected chi connectivity index (χ0v) is 38.7. The standard InChI is InChI=1S/C52H54Cl2N4O7/c1-30-21-40(63-28-35-13-18-42(53)43(54)22-35)16-17-41(30)48-29-64-46-25-37-24-45(58(27-38(37)26-47(46)65-48)51(62)56-33(4)36-9-7-6-8-10-36)49(59)57-44(50(60)61)23-34-11-14-39(15-12-34)52(5)19-20-55-32(3)31(52)2/h6-18,20,22,25-26,30,33,44-45,48H,19,21,23-24,27-29H2,1-5H3,(H,56,62)(H,57,59)(H,60,61)/t30?,33-,44-,45-,48+,52?/m0/s1. The van der Waals surface area contributed by atoms with E-state index in [1.807, 2.05) is 105 Å². The van der Waals surface area contributed by atoms with Crippen LogP contribution in [0.4, 0.5) is 4.79 Å². The van der Waals surface area contributed by atoms with Crippen molar-refractivity contribution in [1.29, 1.82) is 0 Å². The van der Waals surface area contributed by atoms with Crippen molar-refractivity contribution in [3.05, 3.63) is 163 Å². The maximum absolute atomic E-state index is 14.4. The van der Waals surface area contributed by atoms with E-state index in [0.29, 0.717) is 34.6 Å². The molecule has 0 radical (unpaired) electrons. The lowest BCUT2D eigenvalue weighted by atomic mass is 9.72. The summed E-state index contributed by atoms with van der Waals surface area (Å²) in [5.41, 5.74) is 8.34. The third kappa shape index (κ3) is 9.96. The van der Waals surface area contributed by atoms with Gasteiger partial charge in [0.1, 0.15) is 25.3 Å². The molecule has 13 heteroatoms. The molecular formula is C52H54Cl2N4O7. The summed E-state index contributed by atoms with van der Waals surface area (Å²) in [6.07, 6.45) is 7.24. The van der Waals surface area contributed by atoms with Crippen LogP contribution in [0.3, 0.4) is 0 Å². The van der Waals surface area contributed by atoms with E-state index in [-0.39, 0.29) is 49.5 Å². The van der Waals surface area contributed by atoms with Gasteiger partial charge in [-0.2, -0.15) is 0 Å². The zero-order chi connectivity index (χ0) is 46.0. The van der Waals surface area contributed by atoms with Crippen LogP contribution in [0.25, 0.3) is 0 Å². The lowest BCUT2D eigenvalue weighted by molar-refractivity contribution is -0.142. The molecular weight excluding hydrogens is 863 g/mol. The first kappa shape index (κ1) is 45.5. The molecule has 1 aliphatic carbocycles. The number of carbonyl (C=O) groups is 3. The Bertz CT molecular complexity index is 2610. The van der Waals surface area contributed by atoms with Crippen molar-refractivity contribution in [1.82, 2.24) is 15.5 Å². The second kappa shape index (κ2) is 19.2. The van der Waals surface area contributed by atoms with Crippen molar-refractivity contribution in [2.75, 3.05) is 6.61 Å². The van der Waals surface area contributed by atoms with E-state index in [2.05, 4.69) is 36.4 Å². The molecule has 0 saturated carbocycles. The van der Waals surface area contributed by atoms with Gasteiger partial charge in [0.05, 0.1) is 21.8 Å². The number of benzene rings is 4. The van der Waals surface area contributed by atoms with Gasteiger partial charge >= 0.3 is 12.0 Å². The minimum Gasteiger partial charge on any atom is -0.493 e. The zero-order valence-electron chi connectivity index (χ0n) is 37.2. The number of nitrogens with zero attached hydrogens (tertiary/aromatic N) is 2. The molecule has 2 unspecified atom stereocenters. The van der Waals surface area contributed by atoms with E-state index in [1.165, 1.54) is 10.5 Å². The van der Waals surface area contributed by atoms with Gasteiger partial charge in [-0.15, -0.1) is 0 Å². The van der Waals surface area contributed by atoms with E-state index < -0.39 is 30.0 Å². The quantitative estimate of drug-likeness (QED) is 0.129. The highest BCUT2D eigenvalue weighted by atomic mass is 35.5. The number of ether oxygens (including phenoxy) is 3. The number of aliphatic carboxylic acids is 1. The number of carboxylic acids is 1. The molecule has 0 bridgehead atoms. The van der Waals surface area contributed by atoms with Crippen molar-refractivity contribution in [3.63, 3.8) is 0 Å². The molecule has 0 fully saturated rings. The first-order valence-electron chi connectivity index (χ1n) is 22.0. The Morgan fingerprint density at radius 3 is 2.38 bits per heavy atom. The highest BCUT2D eigenvalue weighted by Gasteiger charge is 2.39. The number of nitrogens with one attached hydrogen (secondary N) is 2. The average molecular weight is 918 g/mol. The Morgan fingerprint density at radius 2 is 1.66 bits per heavy atom. The van der Waals surface area contributed by atoms with Crippen LogP contribution < -0.4 is 20.1 Å². The number of aliphatic imine (C=N–C) groups is 1. The molecule has 65 heavy (non-hydrogen) atoms. The molecule has 0 spiro atoms. The minimum absolute atomic E-state index is 0.0612. The van der Waals surface area contributed by atoms with Crippen LogP contribution in [0.1, 0.15) is 86.9 Å². The van der Waals surface area contributed by atoms with Gasteiger partial charge < -0.3 is 34.9 Å². The molecule has 4 aromatic rings. The van der Waals surface area contributed by atoms with Gasteiger partial charge in [0, 0.05) is 43.1 Å². The van der Waals surface area contributed by atoms with Crippen LogP contribution in [0.15, 0.2) is 125 Å². The number of halogens is 2. The van der Waals surface area contributed by atoms with Crippen LogP contribution in [0.2, 0.25) is 10.0 Å². The Balaban J connectivity index is 0.992. The Kier molecular flexibility index (Phi) is 13.4. The number of allylic oxidation sites excluding steroid dienone is 5. The fraction of sp³-hybridized carbons (Fsp3) is 0.346. The van der Waals surface area contributed by atoms with Crippen molar-refractivity contribution in [2.24, 2.45) is 10.9 Å². The predicted molar refractivity (Wildman–Crippen MR) is 253 cm³/mol. The fourth-order valence-electron chi connectivity index (χ4n) is 9.10. The van der Waals surface area contributed by atoms with Gasteiger partial charge in [-0.25, -0.2) is 9.59 Å². The van der Waals surface area contributed by atoms with Gasteiger partial charge in [-0.1, -0.05) is 104 Å². The predicted octanol–water partition coefficient (Wildman–Crippen LogP) is 10.2. The molecule has 3 aliphatic heterocycles. The Hall–Kier alpha value is -6.04. The van der Waals surface area contributed by atoms with Gasteiger partial charge in [-0.05, 0) is 108 Å². The summed E-state index contributed by atoms with van der Waals surface area (Å²) in [6.45, 7) is 11.0. The lowest BCUT2D eigenvalue weighted by Gasteiger charge is -2.38. The van der Waals surface area contributed by atoms with Crippen LogP contribution in [0.5, 0.6) is 11.5 Å². The monoisotopic (exact) mass is 916 g/mol. The van der Waals surface area contributed by atoms with Crippen LogP contribution in [0, 0.1) is 5.92 Å². The van der Waals surface area contributed by atoms with Gasteiger partial charge in [0.2, 0.25) is 5.91 Å². The average Bonchev–Trinajstić information content (AvgIpc) is 3.30.